The van der Waals surface area contributed by atoms with E-state index in [-0.39, 0.29) is 5.82 Å². The van der Waals surface area contributed by atoms with Crippen LogP contribution in [0.5, 0.6) is 0 Å². The number of aryl methyl sites for hydroxylation is 2. The molecule has 2 N–H and O–H groups in total. The van der Waals surface area contributed by atoms with Crippen molar-refractivity contribution < 1.29 is 4.39 Å². The van der Waals surface area contributed by atoms with E-state index < -0.39 is 0 Å². The molecule has 0 aliphatic heterocycles. The summed E-state index contributed by atoms with van der Waals surface area (Å²) in [7, 11) is 0. The van der Waals surface area contributed by atoms with Gasteiger partial charge in [-0.05, 0) is 49.2 Å². The van der Waals surface area contributed by atoms with Gasteiger partial charge in [0, 0.05) is 13.1 Å². The van der Waals surface area contributed by atoms with Gasteiger partial charge >= 0.3 is 0 Å². The molecule has 0 spiro atoms. The summed E-state index contributed by atoms with van der Waals surface area (Å²) in [4.78, 5) is 4.62. The van der Waals surface area contributed by atoms with Crippen LogP contribution in [-0.4, -0.2) is 9.55 Å². The van der Waals surface area contributed by atoms with Crippen LogP contribution in [0.2, 0.25) is 0 Å². The van der Waals surface area contributed by atoms with Gasteiger partial charge in [-0.15, -0.1) is 0 Å². The molecule has 0 radical (unpaired) electrons. The molecule has 0 aliphatic rings. The summed E-state index contributed by atoms with van der Waals surface area (Å²) in [5.74, 6) is 0.429. The van der Waals surface area contributed by atoms with Gasteiger partial charge in [0.15, 0.2) is 0 Å². The number of aromatic nitrogens is 2. The lowest BCUT2D eigenvalue weighted by molar-refractivity contribution is 0.626. The Morgan fingerprint density at radius 1 is 1.19 bits per heavy atom. The summed E-state index contributed by atoms with van der Waals surface area (Å²) < 4.78 is 16.3. The fourth-order valence-corrected chi connectivity index (χ4v) is 2.63. The maximum atomic E-state index is 14.3. The Morgan fingerprint density at radius 2 is 2.00 bits per heavy atom. The minimum Gasteiger partial charge on any atom is -0.326 e. The number of hydrogen-bond acceptors (Lipinski definition) is 2. The molecule has 0 amide bonds. The standard InChI is InChI=1S/C17H18FN3/c1-3-21-16-7-5-12(10-19)9-15(16)20-17(21)13-6-4-11(2)8-14(13)18/h4-9H,3,10,19H2,1-2H3. The van der Waals surface area contributed by atoms with E-state index in [1.54, 1.807) is 12.1 Å². The fourth-order valence-electron chi connectivity index (χ4n) is 2.63. The molecule has 0 bridgehead atoms. The number of hydrogen-bond donors (Lipinski definition) is 1. The van der Waals surface area contributed by atoms with Gasteiger partial charge in [0.05, 0.1) is 16.6 Å². The summed E-state index contributed by atoms with van der Waals surface area (Å²) in [5.41, 5.74) is 10.0. The predicted octanol–water partition coefficient (Wildman–Crippen LogP) is 3.63. The molecule has 0 saturated heterocycles. The second kappa shape index (κ2) is 5.30. The summed E-state index contributed by atoms with van der Waals surface area (Å²) in [6.07, 6.45) is 0. The van der Waals surface area contributed by atoms with E-state index in [2.05, 4.69) is 4.98 Å². The molecule has 1 aromatic heterocycles. The summed E-state index contributed by atoms with van der Waals surface area (Å²) in [5, 5.41) is 0. The molecule has 4 heteroatoms. The maximum absolute atomic E-state index is 14.3. The SMILES string of the molecule is CCn1c(-c2ccc(C)cc2F)nc2cc(CN)ccc21. The van der Waals surface area contributed by atoms with E-state index in [1.165, 1.54) is 0 Å². The van der Waals surface area contributed by atoms with Gasteiger partial charge in [-0.1, -0.05) is 12.1 Å². The van der Waals surface area contributed by atoms with E-state index in [1.807, 2.05) is 42.7 Å². The van der Waals surface area contributed by atoms with Gasteiger partial charge in [0.2, 0.25) is 0 Å². The van der Waals surface area contributed by atoms with Crippen molar-refractivity contribution in [1.29, 1.82) is 0 Å². The highest BCUT2D eigenvalue weighted by Gasteiger charge is 2.15. The van der Waals surface area contributed by atoms with Crippen LogP contribution in [0.15, 0.2) is 36.4 Å². The van der Waals surface area contributed by atoms with Crippen LogP contribution in [0.4, 0.5) is 4.39 Å². The molecule has 108 valence electrons. The molecule has 3 aromatic rings. The molecule has 21 heavy (non-hydrogen) atoms. The number of benzene rings is 2. The average molecular weight is 283 g/mol. The highest BCUT2D eigenvalue weighted by Crippen LogP contribution is 2.28. The van der Waals surface area contributed by atoms with Crippen LogP contribution in [-0.2, 0) is 13.1 Å². The molecule has 2 aromatic carbocycles. The number of fused-ring (bicyclic) bond motifs is 1. The van der Waals surface area contributed by atoms with Gasteiger partial charge in [-0.3, -0.25) is 0 Å². The average Bonchev–Trinajstić information content (AvgIpc) is 2.84. The zero-order chi connectivity index (χ0) is 15.0. The number of halogens is 1. The van der Waals surface area contributed by atoms with Crippen molar-refractivity contribution >= 4 is 11.0 Å². The highest BCUT2D eigenvalue weighted by molar-refractivity contribution is 5.81. The fraction of sp³-hybridized carbons (Fsp3) is 0.235. The molecule has 0 fully saturated rings. The molecular weight excluding hydrogens is 265 g/mol. The lowest BCUT2D eigenvalue weighted by atomic mass is 10.1. The normalized spacial score (nSPS) is 11.2. The number of rotatable bonds is 3. The van der Waals surface area contributed by atoms with Gasteiger partial charge < -0.3 is 10.3 Å². The topological polar surface area (TPSA) is 43.8 Å². The minimum absolute atomic E-state index is 0.237. The van der Waals surface area contributed by atoms with Crippen molar-refractivity contribution in [2.45, 2.75) is 26.9 Å². The minimum atomic E-state index is -0.237. The van der Waals surface area contributed by atoms with Crippen LogP contribution >= 0.6 is 0 Å². The number of nitrogens with two attached hydrogens (primary N) is 1. The van der Waals surface area contributed by atoms with E-state index in [0.717, 1.165) is 28.7 Å². The Labute approximate surface area is 123 Å². The van der Waals surface area contributed by atoms with E-state index >= 15 is 0 Å². The smallest absolute Gasteiger partial charge is 0.144 e. The van der Waals surface area contributed by atoms with E-state index in [0.29, 0.717) is 17.9 Å². The monoisotopic (exact) mass is 283 g/mol. The van der Waals surface area contributed by atoms with Crippen molar-refractivity contribution in [3.8, 4) is 11.4 Å². The Bertz CT molecular complexity index is 805. The van der Waals surface area contributed by atoms with Crippen molar-refractivity contribution in [2.75, 3.05) is 0 Å². The zero-order valence-electron chi connectivity index (χ0n) is 12.2. The van der Waals surface area contributed by atoms with Gasteiger partial charge in [-0.2, -0.15) is 0 Å². The first-order valence-corrected chi connectivity index (χ1v) is 7.09. The number of imidazole rings is 1. The van der Waals surface area contributed by atoms with E-state index in [9.17, 15) is 4.39 Å². The van der Waals surface area contributed by atoms with Gasteiger partial charge in [0.1, 0.15) is 11.6 Å². The van der Waals surface area contributed by atoms with Gasteiger partial charge in [0.25, 0.3) is 0 Å². The van der Waals surface area contributed by atoms with Crippen molar-refractivity contribution in [3.05, 3.63) is 53.3 Å². The molecule has 0 saturated carbocycles. The summed E-state index contributed by atoms with van der Waals surface area (Å²) in [6, 6.07) is 11.2. The lowest BCUT2D eigenvalue weighted by Gasteiger charge is -2.07. The van der Waals surface area contributed by atoms with E-state index in [4.69, 9.17) is 5.73 Å². The zero-order valence-corrected chi connectivity index (χ0v) is 12.2. The molecule has 3 rings (SSSR count). The third-order valence-electron chi connectivity index (χ3n) is 3.73. The molecule has 0 atom stereocenters. The van der Waals surface area contributed by atoms with Crippen molar-refractivity contribution in [3.63, 3.8) is 0 Å². The first-order valence-electron chi connectivity index (χ1n) is 7.09. The predicted molar refractivity (Wildman–Crippen MR) is 83.4 cm³/mol. The maximum Gasteiger partial charge on any atom is 0.144 e. The van der Waals surface area contributed by atoms with Crippen LogP contribution < -0.4 is 5.73 Å². The molecule has 0 aliphatic carbocycles. The summed E-state index contributed by atoms with van der Waals surface area (Å²) >= 11 is 0. The second-order valence-electron chi connectivity index (χ2n) is 5.19. The van der Waals surface area contributed by atoms with Crippen LogP contribution in [0.3, 0.4) is 0 Å². The molecule has 3 nitrogen and oxygen atoms in total. The van der Waals surface area contributed by atoms with Crippen LogP contribution in [0.1, 0.15) is 18.1 Å². The van der Waals surface area contributed by atoms with Crippen molar-refractivity contribution in [1.82, 2.24) is 9.55 Å². The second-order valence-corrected chi connectivity index (χ2v) is 5.19. The van der Waals surface area contributed by atoms with Gasteiger partial charge in [-0.25, -0.2) is 9.37 Å². The first kappa shape index (κ1) is 13.8. The molecule has 1 heterocycles. The Hall–Kier alpha value is -2.20. The molecular formula is C17H18FN3. The van der Waals surface area contributed by atoms with Crippen LogP contribution in [0.25, 0.3) is 22.4 Å². The Kier molecular flexibility index (Phi) is 3.47. The van der Waals surface area contributed by atoms with Crippen LogP contribution in [0, 0.1) is 12.7 Å². The first-order chi connectivity index (χ1) is 10.1. The summed E-state index contributed by atoms with van der Waals surface area (Å²) in [6.45, 7) is 5.13. The quantitative estimate of drug-likeness (QED) is 0.797. The lowest BCUT2D eigenvalue weighted by Crippen LogP contribution is -1.99. The molecule has 0 unspecified atom stereocenters. The third-order valence-corrected chi connectivity index (χ3v) is 3.73. The Morgan fingerprint density at radius 3 is 2.67 bits per heavy atom. The van der Waals surface area contributed by atoms with Crippen molar-refractivity contribution in [2.24, 2.45) is 5.73 Å². The third kappa shape index (κ3) is 2.32. The largest absolute Gasteiger partial charge is 0.326 e. The highest BCUT2D eigenvalue weighted by atomic mass is 19.1. The number of nitrogens with zero attached hydrogens (tertiary/aromatic N) is 2. The Balaban J connectivity index is 2.26.